The Labute approximate surface area is 290 Å². The van der Waals surface area contributed by atoms with Crippen molar-refractivity contribution in [3.8, 4) is 44.5 Å². The Morgan fingerprint density at radius 2 is 0.796 bits per heavy atom. The number of anilines is 3. The monoisotopic (exact) mass is 629 g/mol. The quantitative estimate of drug-likeness (QED) is 0.183. The van der Waals surface area contributed by atoms with Gasteiger partial charge >= 0.3 is 0 Å². The molecule has 1 heteroatoms. The van der Waals surface area contributed by atoms with E-state index < -0.39 is 0 Å². The van der Waals surface area contributed by atoms with E-state index in [1.54, 1.807) is 0 Å². The molecule has 7 aromatic carbocycles. The van der Waals surface area contributed by atoms with E-state index in [-0.39, 0.29) is 10.8 Å². The first-order valence-corrected chi connectivity index (χ1v) is 17.4. The molecular formula is C48H39N. The standard InChI is InChI=1S/C48H39N/c1-47(2)43-19-11-9-16-41(43)46-38(17-12-20-44(46)47)34-23-27-36(28-24-34)49(35-25-21-33(22-26-35)32-13-6-5-7-14-32)37-29-30-40-39-15-8-10-18-42(39)48(3,4)45(40)31-37/h5-31H,1-4H3. The van der Waals surface area contributed by atoms with Gasteiger partial charge < -0.3 is 4.90 Å². The zero-order chi connectivity index (χ0) is 33.3. The molecule has 0 saturated heterocycles. The molecule has 0 N–H and O–H groups in total. The molecule has 0 aliphatic heterocycles. The largest absolute Gasteiger partial charge is 0.310 e. The average Bonchev–Trinajstić information content (AvgIpc) is 3.52. The molecule has 0 saturated carbocycles. The molecule has 0 unspecified atom stereocenters. The van der Waals surface area contributed by atoms with Gasteiger partial charge in [0.15, 0.2) is 0 Å². The molecule has 7 aromatic rings. The van der Waals surface area contributed by atoms with Crippen molar-refractivity contribution in [1.29, 1.82) is 0 Å². The van der Waals surface area contributed by atoms with Crippen LogP contribution < -0.4 is 4.90 Å². The molecular weight excluding hydrogens is 591 g/mol. The van der Waals surface area contributed by atoms with Crippen molar-refractivity contribution in [3.63, 3.8) is 0 Å². The number of fused-ring (bicyclic) bond motifs is 6. The highest BCUT2D eigenvalue weighted by Crippen LogP contribution is 2.53. The maximum absolute atomic E-state index is 2.41. The third kappa shape index (κ3) is 4.53. The van der Waals surface area contributed by atoms with Gasteiger partial charge in [-0.2, -0.15) is 0 Å². The van der Waals surface area contributed by atoms with Crippen molar-refractivity contribution in [3.05, 3.63) is 186 Å². The normalized spacial score (nSPS) is 14.4. The second-order valence-corrected chi connectivity index (χ2v) is 14.6. The third-order valence-electron chi connectivity index (χ3n) is 11.1. The molecule has 9 rings (SSSR count). The zero-order valence-electron chi connectivity index (χ0n) is 28.5. The fraction of sp³-hybridized carbons (Fsp3) is 0.125. The Hall–Kier alpha value is -5.66. The van der Waals surface area contributed by atoms with E-state index in [0.717, 1.165) is 17.1 Å². The molecule has 1 nitrogen and oxygen atoms in total. The lowest BCUT2D eigenvalue weighted by atomic mass is 9.82. The van der Waals surface area contributed by atoms with Crippen LogP contribution in [-0.2, 0) is 10.8 Å². The van der Waals surface area contributed by atoms with E-state index in [2.05, 4.69) is 196 Å². The average molecular weight is 630 g/mol. The number of hydrogen-bond acceptors (Lipinski definition) is 1. The lowest BCUT2D eigenvalue weighted by Crippen LogP contribution is -2.16. The van der Waals surface area contributed by atoms with Gasteiger partial charge in [-0.25, -0.2) is 0 Å². The van der Waals surface area contributed by atoms with Crippen molar-refractivity contribution in [2.24, 2.45) is 0 Å². The molecule has 0 amide bonds. The fourth-order valence-corrected chi connectivity index (χ4v) is 8.50. The van der Waals surface area contributed by atoms with Gasteiger partial charge in [-0.15, -0.1) is 0 Å². The zero-order valence-corrected chi connectivity index (χ0v) is 28.5. The van der Waals surface area contributed by atoms with Gasteiger partial charge in [-0.05, 0) is 103 Å². The number of benzene rings is 7. The Morgan fingerprint density at radius 3 is 1.49 bits per heavy atom. The van der Waals surface area contributed by atoms with Crippen LogP contribution in [0.2, 0.25) is 0 Å². The first-order chi connectivity index (χ1) is 23.8. The molecule has 0 radical (unpaired) electrons. The summed E-state index contributed by atoms with van der Waals surface area (Å²) in [5, 5.41) is 0. The Bertz CT molecular complexity index is 2360. The minimum Gasteiger partial charge on any atom is -0.310 e. The van der Waals surface area contributed by atoms with Crippen LogP contribution in [0.15, 0.2) is 164 Å². The number of nitrogens with zero attached hydrogens (tertiary/aromatic N) is 1. The summed E-state index contributed by atoms with van der Waals surface area (Å²) in [5.41, 5.74) is 19.3. The summed E-state index contributed by atoms with van der Waals surface area (Å²) in [4.78, 5) is 2.41. The molecule has 236 valence electrons. The molecule has 0 aromatic heterocycles. The van der Waals surface area contributed by atoms with Crippen LogP contribution >= 0.6 is 0 Å². The lowest BCUT2D eigenvalue weighted by Gasteiger charge is -2.28. The minimum absolute atomic E-state index is 0.0222. The predicted molar refractivity (Wildman–Crippen MR) is 207 cm³/mol. The smallest absolute Gasteiger partial charge is 0.0465 e. The van der Waals surface area contributed by atoms with Gasteiger partial charge in [0, 0.05) is 27.9 Å². The van der Waals surface area contributed by atoms with Gasteiger partial charge in [0.1, 0.15) is 0 Å². The van der Waals surface area contributed by atoms with Crippen LogP contribution in [0.3, 0.4) is 0 Å². The van der Waals surface area contributed by atoms with E-state index in [9.17, 15) is 0 Å². The highest BCUT2D eigenvalue weighted by atomic mass is 15.1. The van der Waals surface area contributed by atoms with Gasteiger partial charge in [-0.1, -0.05) is 155 Å². The van der Waals surface area contributed by atoms with Crippen molar-refractivity contribution in [1.82, 2.24) is 0 Å². The van der Waals surface area contributed by atoms with E-state index in [4.69, 9.17) is 0 Å². The molecule has 0 spiro atoms. The highest BCUT2D eigenvalue weighted by molar-refractivity contribution is 5.93. The topological polar surface area (TPSA) is 3.24 Å². The van der Waals surface area contributed by atoms with Gasteiger partial charge in [0.2, 0.25) is 0 Å². The Balaban J connectivity index is 1.16. The summed E-state index contributed by atoms with van der Waals surface area (Å²) in [6.07, 6.45) is 0. The first kappa shape index (κ1) is 29.5. The second-order valence-electron chi connectivity index (χ2n) is 14.6. The van der Waals surface area contributed by atoms with Gasteiger partial charge in [0.05, 0.1) is 0 Å². The lowest BCUT2D eigenvalue weighted by molar-refractivity contribution is 0.660. The highest BCUT2D eigenvalue weighted by Gasteiger charge is 2.37. The van der Waals surface area contributed by atoms with Crippen LogP contribution in [0.5, 0.6) is 0 Å². The SMILES string of the molecule is CC1(C)c2ccccc2-c2ccc(N(c3ccc(-c4ccccc4)cc3)c3ccc(-c4cccc5c4-c4ccccc4C5(C)C)cc3)cc21. The van der Waals surface area contributed by atoms with Gasteiger partial charge in [-0.3, -0.25) is 0 Å². The van der Waals surface area contributed by atoms with Crippen molar-refractivity contribution < 1.29 is 0 Å². The number of hydrogen-bond donors (Lipinski definition) is 0. The molecule has 0 heterocycles. The molecule has 0 bridgehead atoms. The summed E-state index contributed by atoms with van der Waals surface area (Å²) in [7, 11) is 0. The first-order valence-electron chi connectivity index (χ1n) is 17.4. The Morgan fingerprint density at radius 1 is 0.327 bits per heavy atom. The summed E-state index contributed by atoms with van der Waals surface area (Å²) in [5.74, 6) is 0. The van der Waals surface area contributed by atoms with Crippen LogP contribution in [-0.4, -0.2) is 0 Å². The summed E-state index contributed by atoms with van der Waals surface area (Å²) < 4.78 is 0. The van der Waals surface area contributed by atoms with Crippen LogP contribution in [0.25, 0.3) is 44.5 Å². The molecule has 2 aliphatic carbocycles. The van der Waals surface area contributed by atoms with E-state index in [1.807, 2.05) is 0 Å². The molecule has 0 atom stereocenters. The van der Waals surface area contributed by atoms with E-state index >= 15 is 0 Å². The summed E-state index contributed by atoms with van der Waals surface area (Å²) in [6.45, 7) is 9.41. The van der Waals surface area contributed by atoms with Crippen LogP contribution in [0.1, 0.15) is 49.9 Å². The van der Waals surface area contributed by atoms with E-state index in [1.165, 1.54) is 66.8 Å². The Kier molecular flexibility index (Phi) is 6.58. The van der Waals surface area contributed by atoms with Crippen molar-refractivity contribution >= 4 is 17.1 Å². The van der Waals surface area contributed by atoms with E-state index in [0.29, 0.717) is 0 Å². The maximum Gasteiger partial charge on any atom is 0.0465 e. The molecule has 2 aliphatic rings. The summed E-state index contributed by atoms with van der Waals surface area (Å²) in [6, 6.07) is 60.4. The maximum atomic E-state index is 2.41. The minimum atomic E-state index is -0.0770. The second kappa shape index (κ2) is 10.9. The van der Waals surface area contributed by atoms with Gasteiger partial charge in [0.25, 0.3) is 0 Å². The number of rotatable bonds is 5. The summed E-state index contributed by atoms with van der Waals surface area (Å²) >= 11 is 0. The third-order valence-corrected chi connectivity index (χ3v) is 11.1. The van der Waals surface area contributed by atoms with Crippen LogP contribution in [0, 0.1) is 0 Å². The van der Waals surface area contributed by atoms with Crippen molar-refractivity contribution in [2.45, 2.75) is 38.5 Å². The predicted octanol–water partition coefficient (Wildman–Crippen LogP) is 13.1. The van der Waals surface area contributed by atoms with Crippen LogP contribution in [0.4, 0.5) is 17.1 Å². The molecule has 49 heavy (non-hydrogen) atoms. The van der Waals surface area contributed by atoms with Crippen molar-refractivity contribution in [2.75, 3.05) is 4.90 Å². The fourth-order valence-electron chi connectivity index (χ4n) is 8.50. The molecule has 0 fully saturated rings.